The van der Waals surface area contributed by atoms with Crippen molar-refractivity contribution in [2.45, 2.75) is 23.2 Å². The summed E-state index contributed by atoms with van der Waals surface area (Å²) in [6, 6.07) is 15.8. The fourth-order valence-corrected chi connectivity index (χ4v) is 4.32. The van der Waals surface area contributed by atoms with E-state index in [1.54, 1.807) is 18.2 Å². The van der Waals surface area contributed by atoms with Gasteiger partial charge in [-0.05, 0) is 30.5 Å². The molecule has 0 spiro atoms. The smallest absolute Gasteiger partial charge is 0.240 e. The molecule has 1 aromatic heterocycles. The van der Waals surface area contributed by atoms with Gasteiger partial charge in [-0.3, -0.25) is 4.79 Å². The summed E-state index contributed by atoms with van der Waals surface area (Å²) >= 11 is 1.24. The minimum Gasteiger partial charge on any atom is -0.341 e. The van der Waals surface area contributed by atoms with Crippen LogP contribution in [0.5, 0.6) is 0 Å². The molecule has 1 fully saturated rings. The highest BCUT2D eigenvalue weighted by molar-refractivity contribution is 8.00. The number of nitrogens with two attached hydrogens (primary N) is 1. The SMILES string of the molecule is Nn1c(S[C@H](C(=O)N2CCCC2)c2ccccc2)nnc1-c1ccccc1F. The number of likely N-dealkylation sites (tertiary alicyclic amines) is 1. The molecule has 1 amide bonds. The predicted molar refractivity (Wildman–Crippen MR) is 106 cm³/mol. The summed E-state index contributed by atoms with van der Waals surface area (Å²) in [5.41, 5.74) is 1.14. The van der Waals surface area contributed by atoms with Crippen LogP contribution in [0.25, 0.3) is 11.4 Å². The number of hydrogen-bond donors (Lipinski definition) is 1. The molecule has 0 unspecified atom stereocenters. The van der Waals surface area contributed by atoms with E-state index in [1.807, 2.05) is 35.2 Å². The molecule has 1 atom stereocenters. The Morgan fingerprint density at radius 3 is 2.43 bits per heavy atom. The first kappa shape index (κ1) is 18.5. The number of amides is 1. The molecule has 0 aliphatic carbocycles. The minimum absolute atomic E-state index is 0.0316. The van der Waals surface area contributed by atoms with Crippen molar-refractivity contribution in [1.82, 2.24) is 19.8 Å². The van der Waals surface area contributed by atoms with Crippen molar-refractivity contribution in [1.29, 1.82) is 0 Å². The number of aromatic nitrogens is 3. The second-order valence-electron chi connectivity index (χ2n) is 6.60. The fraction of sp³-hybridized carbons (Fsp3) is 0.250. The average Bonchev–Trinajstić information content (AvgIpc) is 3.37. The maximum Gasteiger partial charge on any atom is 0.240 e. The number of thioether (sulfide) groups is 1. The Labute approximate surface area is 166 Å². The van der Waals surface area contributed by atoms with Crippen molar-refractivity contribution in [2.75, 3.05) is 18.9 Å². The van der Waals surface area contributed by atoms with Crippen LogP contribution in [0.4, 0.5) is 4.39 Å². The number of carbonyl (C=O) groups excluding carboxylic acids is 1. The molecule has 2 heterocycles. The van der Waals surface area contributed by atoms with Crippen LogP contribution in [0.3, 0.4) is 0 Å². The molecule has 28 heavy (non-hydrogen) atoms. The van der Waals surface area contributed by atoms with Crippen LogP contribution >= 0.6 is 11.8 Å². The number of benzene rings is 2. The standard InChI is InChI=1S/C20H20FN5OS/c21-16-11-5-4-10-15(16)18-23-24-20(26(18)22)28-17(14-8-2-1-3-9-14)19(27)25-12-6-7-13-25/h1-5,8-11,17H,6-7,12-13,22H2/t17-/m0/s1. The van der Waals surface area contributed by atoms with E-state index < -0.39 is 11.1 Å². The average molecular weight is 397 g/mol. The molecule has 2 aromatic carbocycles. The maximum atomic E-state index is 14.1. The van der Waals surface area contributed by atoms with Crippen LogP contribution in [-0.2, 0) is 4.79 Å². The lowest BCUT2D eigenvalue weighted by molar-refractivity contribution is -0.129. The third-order valence-corrected chi connectivity index (χ3v) is 5.95. The van der Waals surface area contributed by atoms with Crippen molar-refractivity contribution in [2.24, 2.45) is 0 Å². The summed E-state index contributed by atoms with van der Waals surface area (Å²) in [6.07, 6.45) is 2.03. The van der Waals surface area contributed by atoms with Gasteiger partial charge in [0.1, 0.15) is 11.1 Å². The Balaban J connectivity index is 1.66. The molecule has 0 radical (unpaired) electrons. The van der Waals surface area contributed by atoms with E-state index in [4.69, 9.17) is 5.84 Å². The Hall–Kier alpha value is -2.87. The number of hydrogen-bond acceptors (Lipinski definition) is 5. The second-order valence-corrected chi connectivity index (χ2v) is 7.67. The van der Waals surface area contributed by atoms with Crippen molar-refractivity contribution in [3.8, 4) is 11.4 Å². The van der Waals surface area contributed by atoms with Crippen molar-refractivity contribution in [3.63, 3.8) is 0 Å². The largest absolute Gasteiger partial charge is 0.341 e. The maximum absolute atomic E-state index is 14.1. The topological polar surface area (TPSA) is 77.0 Å². The highest BCUT2D eigenvalue weighted by Gasteiger charge is 2.30. The van der Waals surface area contributed by atoms with Crippen LogP contribution in [0.1, 0.15) is 23.7 Å². The van der Waals surface area contributed by atoms with Gasteiger partial charge in [0.15, 0.2) is 5.82 Å². The predicted octanol–water partition coefficient (Wildman–Crippen LogP) is 3.25. The van der Waals surface area contributed by atoms with Gasteiger partial charge in [-0.15, -0.1) is 10.2 Å². The highest BCUT2D eigenvalue weighted by atomic mass is 32.2. The molecular formula is C20H20FN5OS. The molecule has 2 N–H and O–H groups in total. The van der Waals surface area contributed by atoms with Gasteiger partial charge < -0.3 is 10.7 Å². The normalized spacial score (nSPS) is 15.0. The summed E-state index contributed by atoms with van der Waals surface area (Å²) in [5.74, 6) is 5.99. The molecule has 1 aliphatic rings. The van der Waals surface area contributed by atoms with Crippen molar-refractivity contribution in [3.05, 3.63) is 66.0 Å². The quantitative estimate of drug-likeness (QED) is 0.528. The fourth-order valence-electron chi connectivity index (χ4n) is 3.28. The van der Waals surface area contributed by atoms with Gasteiger partial charge in [-0.25, -0.2) is 9.07 Å². The number of nitrogens with zero attached hydrogens (tertiary/aromatic N) is 4. The van der Waals surface area contributed by atoms with E-state index >= 15 is 0 Å². The monoisotopic (exact) mass is 397 g/mol. The summed E-state index contributed by atoms with van der Waals surface area (Å²) in [6.45, 7) is 1.52. The van der Waals surface area contributed by atoms with Gasteiger partial charge >= 0.3 is 0 Å². The first-order valence-corrected chi connectivity index (χ1v) is 9.99. The van der Waals surface area contributed by atoms with E-state index in [-0.39, 0.29) is 17.3 Å². The lowest BCUT2D eigenvalue weighted by atomic mass is 10.1. The third kappa shape index (κ3) is 3.60. The van der Waals surface area contributed by atoms with Gasteiger partial charge in [0.25, 0.3) is 0 Å². The van der Waals surface area contributed by atoms with Gasteiger partial charge in [0.05, 0.1) is 5.56 Å². The molecular weight excluding hydrogens is 377 g/mol. The lowest BCUT2D eigenvalue weighted by Crippen LogP contribution is -2.31. The zero-order valence-corrected chi connectivity index (χ0v) is 16.0. The Bertz CT molecular complexity index is 972. The van der Waals surface area contributed by atoms with Crippen molar-refractivity contribution < 1.29 is 9.18 Å². The van der Waals surface area contributed by atoms with E-state index in [2.05, 4.69) is 10.2 Å². The summed E-state index contributed by atoms with van der Waals surface area (Å²) < 4.78 is 15.4. The van der Waals surface area contributed by atoms with Gasteiger partial charge in [0, 0.05) is 13.1 Å². The summed E-state index contributed by atoms with van der Waals surface area (Å²) in [7, 11) is 0. The lowest BCUT2D eigenvalue weighted by Gasteiger charge is -2.22. The molecule has 1 aliphatic heterocycles. The number of carbonyl (C=O) groups is 1. The van der Waals surface area contributed by atoms with Crippen LogP contribution in [0.2, 0.25) is 0 Å². The van der Waals surface area contributed by atoms with Crippen LogP contribution in [0.15, 0.2) is 59.8 Å². The van der Waals surface area contributed by atoms with Crippen LogP contribution in [-0.4, -0.2) is 38.8 Å². The third-order valence-electron chi connectivity index (χ3n) is 4.75. The van der Waals surface area contributed by atoms with E-state index in [1.165, 1.54) is 22.5 Å². The molecule has 6 nitrogen and oxygen atoms in total. The Morgan fingerprint density at radius 2 is 1.71 bits per heavy atom. The van der Waals surface area contributed by atoms with Gasteiger partial charge in [-0.1, -0.05) is 54.2 Å². The highest BCUT2D eigenvalue weighted by Crippen LogP contribution is 2.37. The Morgan fingerprint density at radius 1 is 1.04 bits per heavy atom. The van der Waals surface area contributed by atoms with E-state index in [0.29, 0.717) is 5.16 Å². The second kappa shape index (κ2) is 8.02. The van der Waals surface area contributed by atoms with Crippen LogP contribution in [0, 0.1) is 5.82 Å². The summed E-state index contributed by atoms with van der Waals surface area (Å²) in [5, 5.41) is 8.05. The molecule has 3 aromatic rings. The first-order valence-electron chi connectivity index (χ1n) is 9.11. The molecule has 4 rings (SSSR count). The molecule has 1 saturated heterocycles. The van der Waals surface area contributed by atoms with Crippen molar-refractivity contribution >= 4 is 17.7 Å². The minimum atomic E-state index is -0.487. The van der Waals surface area contributed by atoms with Gasteiger partial charge in [0.2, 0.25) is 11.1 Å². The number of nitrogen functional groups attached to an aromatic ring is 1. The number of halogens is 1. The molecule has 0 bridgehead atoms. The van der Waals surface area contributed by atoms with E-state index in [0.717, 1.165) is 31.5 Å². The van der Waals surface area contributed by atoms with Crippen LogP contribution < -0.4 is 5.84 Å². The molecule has 8 heteroatoms. The zero-order chi connectivity index (χ0) is 19.5. The summed E-state index contributed by atoms with van der Waals surface area (Å²) in [4.78, 5) is 15.0. The van der Waals surface area contributed by atoms with Gasteiger partial charge in [-0.2, -0.15) is 0 Å². The zero-order valence-electron chi connectivity index (χ0n) is 15.2. The number of rotatable bonds is 5. The molecule has 144 valence electrons. The molecule has 0 saturated carbocycles. The first-order chi connectivity index (χ1) is 13.6. The van der Waals surface area contributed by atoms with E-state index in [9.17, 15) is 9.18 Å². The Kier molecular flexibility index (Phi) is 5.29.